The third-order valence-electron chi connectivity index (χ3n) is 2.95. The van der Waals surface area contributed by atoms with Gasteiger partial charge in [-0.2, -0.15) is 13.2 Å². The van der Waals surface area contributed by atoms with Crippen molar-refractivity contribution in [2.45, 2.75) is 26.2 Å². The summed E-state index contributed by atoms with van der Waals surface area (Å²) in [5.74, 6) is 0. The monoisotopic (exact) mass is 346 g/mol. The summed E-state index contributed by atoms with van der Waals surface area (Å²) < 4.78 is 40.6. The molecule has 0 aliphatic rings. The van der Waals surface area contributed by atoms with E-state index in [-0.39, 0.29) is 0 Å². The Bertz CT molecular complexity index is 590. The van der Waals surface area contributed by atoms with E-state index in [4.69, 9.17) is 0 Å². The summed E-state index contributed by atoms with van der Waals surface area (Å²) in [4.78, 5) is 0. The van der Waals surface area contributed by atoms with Crippen LogP contribution in [0.25, 0.3) is 0 Å². The Morgan fingerprint density at radius 1 is 1.25 bits per heavy atom. The smallest absolute Gasteiger partial charge is 0.380 e. The van der Waals surface area contributed by atoms with Crippen LogP contribution in [0.1, 0.15) is 18.1 Å². The molecule has 0 amide bonds. The number of nitrogens with zero attached hydrogens (tertiary/aromatic N) is 1. The number of anilines is 1. The van der Waals surface area contributed by atoms with E-state index in [0.29, 0.717) is 16.7 Å². The number of hydrogen-bond donors (Lipinski definition) is 1. The van der Waals surface area contributed by atoms with Gasteiger partial charge in [0.05, 0.1) is 5.56 Å². The van der Waals surface area contributed by atoms with Gasteiger partial charge in [0.15, 0.2) is 0 Å². The highest BCUT2D eigenvalue weighted by atomic mass is 79.9. The number of alkyl halides is 3. The lowest BCUT2D eigenvalue weighted by atomic mass is 10.2. The summed E-state index contributed by atoms with van der Waals surface area (Å²) >= 11 is 3.25. The van der Waals surface area contributed by atoms with Gasteiger partial charge in [-0.05, 0) is 52.7 Å². The van der Waals surface area contributed by atoms with Crippen LogP contribution in [0.2, 0.25) is 0 Å². The lowest BCUT2D eigenvalue weighted by molar-refractivity contribution is -0.137. The molecule has 0 radical (unpaired) electrons. The van der Waals surface area contributed by atoms with Gasteiger partial charge in [-0.25, -0.2) is 0 Å². The maximum atomic E-state index is 12.7. The van der Waals surface area contributed by atoms with Gasteiger partial charge in [-0.3, -0.25) is 0 Å². The number of nitrogens with one attached hydrogen (secondary N) is 1. The topological polar surface area (TPSA) is 17.0 Å². The molecule has 1 N–H and O–H groups in total. The predicted molar refractivity (Wildman–Crippen MR) is 76.6 cm³/mol. The molecule has 0 aliphatic heterocycles. The number of aryl methyl sites for hydroxylation is 1. The van der Waals surface area contributed by atoms with Crippen molar-refractivity contribution in [3.05, 3.63) is 52.3 Å². The molecule has 20 heavy (non-hydrogen) atoms. The van der Waals surface area contributed by atoms with E-state index in [1.165, 1.54) is 6.07 Å². The molecule has 0 atom stereocenters. The van der Waals surface area contributed by atoms with Crippen LogP contribution in [0, 0.1) is 0 Å². The molecule has 0 saturated carbocycles. The largest absolute Gasteiger partial charge is 0.416 e. The van der Waals surface area contributed by atoms with Crippen molar-refractivity contribution in [2.24, 2.45) is 0 Å². The first kappa shape index (κ1) is 15.0. The fourth-order valence-electron chi connectivity index (χ4n) is 1.83. The molecule has 2 aromatic rings. The number of hydrogen-bond acceptors (Lipinski definition) is 1. The molecule has 1 heterocycles. The van der Waals surface area contributed by atoms with Crippen LogP contribution in [-0.2, 0) is 19.3 Å². The van der Waals surface area contributed by atoms with Gasteiger partial charge in [-0.1, -0.05) is 0 Å². The predicted octanol–water partition coefficient (Wildman–Crippen LogP) is 4.90. The van der Waals surface area contributed by atoms with Crippen LogP contribution in [0.4, 0.5) is 18.9 Å². The summed E-state index contributed by atoms with van der Waals surface area (Å²) in [7, 11) is 0. The van der Waals surface area contributed by atoms with Crippen LogP contribution in [-0.4, -0.2) is 4.57 Å². The zero-order valence-electron chi connectivity index (χ0n) is 10.8. The molecule has 0 fully saturated rings. The normalized spacial score (nSPS) is 11.7. The quantitative estimate of drug-likeness (QED) is 0.832. The van der Waals surface area contributed by atoms with E-state index >= 15 is 0 Å². The van der Waals surface area contributed by atoms with E-state index in [9.17, 15) is 13.2 Å². The Hall–Kier alpha value is -1.43. The minimum Gasteiger partial charge on any atom is -0.380 e. The van der Waals surface area contributed by atoms with Crippen molar-refractivity contribution < 1.29 is 13.2 Å². The highest BCUT2D eigenvalue weighted by molar-refractivity contribution is 9.10. The summed E-state index contributed by atoms with van der Waals surface area (Å²) in [6, 6.07) is 5.52. The second-order valence-corrected chi connectivity index (χ2v) is 5.25. The number of rotatable bonds is 4. The Morgan fingerprint density at radius 3 is 2.60 bits per heavy atom. The van der Waals surface area contributed by atoms with Gasteiger partial charge in [-0.15, -0.1) is 0 Å². The Morgan fingerprint density at radius 2 is 2.00 bits per heavy atom. The van der Waals surface area contributed by atoms with Crippen LogP contribution in [0.5, 0.6) is 0 Å². The number of halogens is 4. The van der Waals surface area contributed by atoms with Crippen LogP contribution in [0.15, 0.2) is 41.1 Å². The van der Waals surface area contributed by atoms with E-state index in [2.05, 4.69) is 21.2 Å². The van der Waals surface area contributed by atoms with Crippen molar-refractivity contribution in [1.29, 1.82) is 0 Å². The average Bonchev–Trinajstić information content (AvgIpc) is 2.84. The van der Waals surface area contributed by atoms with E-state index < -0.39 is 11.7 Å². The number of benzene rings is 1. The summed E-state index contributed by atoms with van der Waals surface area (Å²) in [5, 5.41) is 3.02. The molecule has 108 valence electrons. The van der Waals surface area contributed by atoms with E-state index in [0.717, 1.165) is 24.2 Å². The van der Waals surface area contributed by atoms with Gasteiger partial charge >= 0.3 is 6.18 Å². The van der Waals surface area contributed by atoms with Crippen LogP contribution < -0.4 is 5.32 Å². The first-order valence-corrected chi connectivity index (χ1v) is 6.94. The minimum absolute atomic E-state index is 0.434. The Labute approximate surface area is 123 Å². The molecule has 6 heteroatoms. The molecular formula is C14H14BrF3N2. The maximum absolute atomic E-state index is 12.7. The zero-order valence-corrected chi connectivity index (χ0v) is 12.4. The fraction of sp³-hybridized carbons (Fsp3) is 0.286. The van der Waals surface area contributed by atoms with Crippen molar-refractivity contribution >= 4 is 21.6 Å². The molecule has 1 aromatic heterocycles. The molecule has 2 rings (SSSR count). The van der Waals surface area contributed by atoms with Crippen LogP contribution >= 0.6 is 15.9 Å². The molecule has 1 aromatic carbocycles. The molecule has 0 bridgehead atoms. The second kappa shape index (κ2) is 5.91. The fourth-order valence-corrected chi connectivity index (χ4v) is 2.21. The van der Waals surface area contributed by atoms with Gasteiger partial charge in [0, 0.05) is 35.6 Å². The number of aromatic nitrogens is 1. The maximum Gasteiger partial charge on any atom is 0.416 e. The van der Waals surface area contributed by atoms with Gasteiger partial charge in [0.2, 0.25) is 0 Å². The molecule has 0 saturated heterocycles. The van der Waals surface area contributed by atoms with Crippen molar-refractivity contribution in [3.8, 4) is 0 Å². The van der Waals surface area contributed by atoms with Crippen molar-refractivity contribution in [1.82, 2.24) is 4.57 Å². The minimum atomic E-state index is -4.33. The summed E-state index contributed by atoms with van der Waals surface area (Å²) in [6.07, 6.45) is -0.421. The summed E-state index contributed by atoms with van der Waals surface area (Å²) in [6.45, 7) is 3.38. The average molecular weight is 347 g/mol. The first-order valence-electron chi connectivity index (χ1n) is 6.15. The molecule has 0 unspecified atom stereocenters. The Balaban J connectivity index is 2.12. The SMILES string of the molecule is CCn1ccc(CNc2cc(C(F)(F)F)ccc2Br)c1. The zero-order chi connectivity index (χ0) is 14.8. The van der Waals surface area contributed by atoms with Crippen molar-refractivity contribution in [2.75, 3.05) is 5.32 Å². The van der Waals surface area contributed by atoms with E-state index in [1.807, 2.05) is 30.0 Å². The molecule has 0 aliphatic carbocycles. The lowest BCUT2D eigenvalue weighted by Gasteiger charge is -2.12. The van der Waals surface area contributed by atoms with Gasteiger partial charge in [0.1, 0.15) is 0 Å². The second-order valence-electron chi connectivity index (χ2n) is 4.40. The lowest BCUT2D eigenvalue weighted by Crippen LogP contribution is -2.07. The molecular weight excluding hydrogens is 333 g/mol. The standard InChI is InChI=1S/C14H14BrF3N2/c1-2-20-6-5-10(9-20)8-19-13-7-11(14(16,17)18)3-4-12(13)15/h3-7,9,19H,2,8H2,1H3. The van der Waals surface area contributed by atoms with Crippen LogP contribution in [0.3, 0.4) is 0 Å². The first-order chi connectivity index (χ1) is 9.40. The van der Waals surface area contributed by atoms with Crippen molar-refractivity contribution in [3.63, 3.8) is 0 Å². The Kier molecular flexibility index (Phi) is 4.42. The summed E-state index contributed by atoms with van der Waals surface area (Å²) in [5.41, 5.74) is 0.801. The third-order valence-corrected chi connectivity index (χ3v) is 3.65. The molecule has 2 nitrogen and oxygen atoms in total. The van der Waals surface area contributed by atoms with Gasteiger partial charge in [0.25, 0.3) is 0 Å². The van der Waals surface area contributed by atoms with E-state index in [1.54, 1.807) is 0 Å². The highest BCUT2D eigenvalue weighted by Gasteiger charge is 2.30. The molecule has 0 spiro atoms. The highest BCUT2D eigenvalue weighted by Crippen LogP contribution is 2.34. The van der Waals surface area contributed by atoms with Gasteiger partial charge < -0.3 is 9.88 Å². The third kappa shape index (κ3) is 3.56.